The number of nitrogens with two attached hydrogens (primary N) is 1. The smallest absolute Gasteiger partial charge is 0.480 e. The van der Waals surface area contributed by atoms with E-state index in [1.807, 2.05) is 5.32 Å². The lowest BCUT2D eigenvalue weighted by Crippen LogP contribution is -2.56. The molecule has 0 aromatic heterocycles. The number of hydrogen-bond donors (Lipinski definition) is 10. The fourth-order valence-electron chi connectivity index (χ4n) is 2.61. The normalized spacial score (nSPS) is 14.4. The molecule has 0 aliphatic carbocycles. The predicted molar refractivity (Wildman–Crippen MR) is 123 cm³/mol. The molecule has 0 fully saturated rings. The zero-order valence-corrected chi connectivity index (χ0v) is 22.0. The molecule has 23 heteroatoms. The maximum Gasteiger partial charge on any atom is 0.526 e. The van der Waals surface area contributed by atoms with E-state index in [1.54, 1.807) is 0 Å². The first-order valence-corrected chi connectivity index (χ1v) is 14.7. The van der Waals surface area contributed by atoms with E-state index >= 15 is 0 Å². The molecule has 0 radical (unpaired) electrons. The first-order chi connectivity index (χ1) is 17.6. The van der Waals surface area contributed by atoms with E-state index in [2.05, 4.69) is 18.9 Å². The highest BCUT2D eigenvalue weighted by Gasteiger charge is 2.31. The summed E-state index contributed by atoms with van der Waals surface area (Å²) in [6.45, 7) is -1.19. The van der Waals surface area contributed by atoms with Crippen molar-refractivity contribution >= 4 is 47.2 Å². The van der Waals surface area contributed by atoms with Gasteiger partial charge in [-0.3, -0.25) is 38.5 Å². The molecule has 11 N–H and O–H groups in total. The summed E-state index contributed by atoms with van der Waals surface area (Å²) in [5.74, 6) is -6.10. The fourth-order valence-corrected chi connectivity index (χ4v) is 3.69. The van der Waals surface area contributed by atoms with Gasteiger partial charge in [-0.15, -0.1) is 0 Å². The number of nitrogens with one attached hydrogen (secondary N) is 2. The Morgan fingerprint density at radius 2 is 1.36 bits per heavy atom. The summed E-state index contributed by atoms with van der Waals surface area (Å²) in [4.78, 5) is 101. The van der Waals surface area contributed by atoms with Gasteiger partial charge in [-0.1, -0.05) is 12.1 Å². The van der Waals surface area contributed by atoms with Gasteiger partial charge in [-0.2, -0.15) is 0 Å². The molecule has 0 aliphatic heterocycles. The number of carbonyl (C=O) groups excluding carboxylic acids is 3. The van der Waals surface area contributed by atoms with Crippen molar-refractivity contribution < 1.29 is 80.9 Å². The molecule has 0 saturated carbocycles. The third kappa shape index (κ3) is 14.9. The number of benzene rings is 1. The molecule has 1 aromatic rings. The van der Waals surface area contributed by atoms with Gasteiger partial charge in [-0.05, 0) is 17.7 Å². The highest BCUT2D eigenvalue weighted by atomic mass is 31.2. The molecule has 0 aliphatic rings. The summed E-state index contributed by atoms with van der Waals surface area (Å²) in [5, 5.41) is 13.2. The zero-order valence-electron chi connectivity index (χ0n) is 19.3. The lowest BCUT2D eigenvalue weighted by atomic mass is 10.0. The quantitative estimate of drug-likeness (QED) is 0.0883. The van der Waals surface area contributed by atoms with Gasteiger partial charge >= 0.3 is 35.4 Å². The minimum absolute atomic E-state index is 0.196. The van der Waals surface area contributed by atoms with Crippen LogP contribution in [0.1, 0.15) is 12.0 Å². The molecule has 0 spiro atoms. The number of rotatable bonds is 15. The average molecular weight is 623 g/mol. The van der Waals surface area contributed by atoms with Crippen molar-refractivity contribution in [2.45, 2.75) is 31.0 Å². The standard InChI is InChI=1S/C16H24N3O17P3/c17-10(6-13(20)36-39(31,32)33)14(21)18-11(5-8-1-3-9(4-2-8)35-38(28,29)30)15(22)19-12(16(23)24)7-34-37(25,26)27/h1-4,10-12H,5-7,17H2,(H,18,21)(H,19,22)(H,23,24)(H2,25,26,27)(H2,28,29,30)(H2,31,32,33)/t10-,11-,12-/m0/s1. The molecule has 0 saturated heterocycles. The second-order valence-corrected chi connectivity index (χ2v) is 11.0. The van der Waals surface area contributed by atoms with Gasteiger partial charge in [0, 0.05) is 6.42 Å². The van der Waals surface area contributed by atoms with Crippen LogP contribution in [0, 0.1) is 0 Å². The van der Waals surface area contributed by atoms with Crippen molar-refractivity contribution in [3.63, 3.8) is 0 Å². The van der Waals surface area contributed by atoms with Gasteiger partial charge < -0.3 is 40.3 Å². The molecular formula is C16H24N3O17P3. The Morgan fingerprint density at radius 1 is 0.821 bits per heavy atom. The summed E-state index contributed by atoms with van der Waals surface area (Å²) >= 11 is 0. The van der Waals surface area contributed by atoms with Crippen molar-refractivity contribution in [1.29, 1.82) is 0 Å². The predicted octanol–water partition coefficient (Wildman–Crippen LogP) is -2.78. The number of carboxylic acids is 1. The van der Waals surface area contributed by atoms with E-state index in [9.17, 15) is 38.0 Å². The summed E-state index contributed by atoms with van der Waals surface area (Å²) in [7, 11) is -15.3. The van der Waals surface area contributed by atoms with E-state index in [4.69, 9.17) is 35.1 Å². The van der Waals surface area contributed by atoms with Crippen LogP contribution in [0.25, 0.3) is 0 Å². The molecule has 3 atom stereocenters. The zero-order chi connectivity index (χ0) is 30.2. The largest absolute Gasteiger partial charge is 0.526 e. The number of amides is 2. The lowest BCUT2D eigenvalue weighted by molar-refractivity contribution is -0.143. The molecule has 1 aromatic carbocycles. The Balaban J connectivity index is 3.12. The number of hydrogen-bond acceptors (Lipinski definition) is 11. The number of carbonyl (C=O) groups is 4. The summed E-state index contributed by atoms with van der Waals surface area (Å²) in [5.41, 5.74) is 5.71. The summed E-state index contributed by atoms with van der Waals surface area (Å²) in [6.07, 6.45) is -1.49. The fraction of sp³-hybridized carbons (Fsp3) is 0.375. The number of phosphoric acid groups is 3. The molecule has 0 unspecified atom stereocenters. The van der Waals surface area contributed by atoms with Crippen molar-refractivity contribution in [3.05, 3.63) is 29.8 Å². The second kappa shape index (κ2) is 14.1. The van der Waals surface area contributed by atoms with Crippen LogP contribution in [0.5, 0.6) is 5.75 Å². The molecule has 220 valence electrons. The maximum absolute atomic E-state index is 12.8. The Bertz CT molecular complexity index is 1190. The first kappa shape index (κ1) is 34.3. The molecule has 2 amide bonds. The second-order valence-electron chi connectivity index (χ2n) is 7.44. The van der Waals surface area contributed by atoms with Crippen molar-refractivity contribution in [2.75, 3.05) is 6.61 Å². The Morgan fingerprint density at radius 3 is 1.82 bits per heavy atom. The van der Waals surface area contributed by atoms with Crippen LogP contribution < -0.4 is 20.9 Å². The van der Waals surface area contributed by atoms with Crippen LogP contribution in [0.3, 0.4) is 0 Å². The first-order valence-electron chi connectivity index (χ1n) is 10.1. The van der Waals surface area contributed by atoms with E-state index in [-0.39, 0.29) is 11.3 Å². The summed E-state index contributed by atoms with van der Waals surface area (Å²) < 4.78 is 44.8. The summed E-state index contributed by atoms with van der Waals surface area (Å²) in [6, 6.07) is -0.930. The lowest BCUT2D eigenvalue weighted by Gasteiger charge is -2.23. The van der Waals surface area contributed by atoms with Gasteiger partial charge in [0.2, 0.25) is 11.8 Å². The number of phosphoric ester groups is 3. The molecule has 20 nitrogen and oxygen atoms in total. The topological polar surface area (TPSA) is 339 Å². The van der Waals surface area contributed by atoms with E-state index in [1.165, 1.54) is 12.1 Å². The van der Waals surface area contributed by atoms with Gasteiger partial charge in [0.1, 0.15) is 11.8 Å². The minimum atomic E-state index is -5.24. The van der Waals surface area contributed by atoms with Crippen molar-refractivity contribution in [3.8, 4) is 5.75 Å². The van der Waals surface area contributed by atoms with Crippen LogP contribution in [-0.4, -0.2) is 83.0 Å². The van der Waals surface area contributed by atoms with E-state index < -0.39 is 84.8 Å². The average Bonchev–Trinajstić information content (AvgIpc) is 2.73. The maximum atomic E-state index is 12.8. The molecule has 0 bridgehead atoms. The van der Waals surface area contributed by atoms with Crippen LogP contribution in [-0.2, 0) is 48.3 Å². The van der Waals surface area contributed by atoms with Gasteiger partial charge in [0.15, 0.2) is 6.04 Å². The van der Waals surface area contributed by atoms with Gasteiger partial charge in [0.05, 0.1) is 19.1 Å². The third-order valence-electron chi connectivity index (χ3n) is 4.19. The molecule has 1 rings (SSSR count). The molecule has 39 heavy (non-hydrogen) atoms. The van der Waals surface area contributed by atoms with Gasteiger partial charge in [-0.25, -0.2) is 18.5 Å². The van der Waals surface area contributed by atoms with Gasteiger partial charge in [0.25, 0.3) is 0 Å². The monoisotopic (exact) mass is 623 g/mol. The van der Waals surface area contributed by atoms with Crippen LogP contribution in [0.2, 0.25) is 0 Å². The van der Waals surface area contributed by atoms with Crippen molar-refractivity contribution in [1.82, 2.24) is 10.6 Å². The third-order valence-corrected chi connectivity index (χ3v) is 5.56. The van der Waals surface area contributed by atoms with Crippen LogP contribution in [0.15, 0.2) is 24.3 Å². The molecule has 0 heterocycles. The van der Waals surface area contributed by atoms with E-state index in [0.29, 0.717) is 0 Å². The van der Waals surface area contributed by atoms with Crippen LogP contribution in [0.4, 0.5) is 0 Å². The Labute approximate surface area is 218 Å². The van der Waals surface area contributed by atoms with Crippen molar-refractivity contribution in [2.24, 2.45) is 5.73 Å². The number of aliphatic carboxylic acids is 1. The SMILES string of the molecule is N[C@@H](CC(=O)OP(=O)(O)O)C(=O)N[C@@H](Cc1ccc(OP(=O)(O)O)cc1)C(=O)N[C@@H](COP(=O)(O)O)C(=O)O. The highest BCUT2D eigenvalue weighted by Crippen LogP contribution is 2.38. The highest BCUT2D eigenvalue weighted by molar-refractivity contribution is 7.47. The number of carboxylic acid groups (broad SMARTS) is 1. The Hall–Kier alpha value is -2.73. The molecular weight excluding hydrogens is 599 g/mol. The Kier molecular flexibility index (Phi) is 12.4. The van der Waals surface area contributed by atoms with Crippen LogP contribution >= 0.6 is 23.5 Å². The minimum Gasteiger partial charge on any atom is -0.480 e. The van der Waals surface area contributed by atoms with E-state index in [0.717, 1.165) is 12.1 Å².